The SMILES string of the molecule is Cn1c(=O)oc2cc3c(cc21)CCCC3. The predicted molar refractivity (Wildman–Crippen MR) is 58.1 cm³/mol. The Morgan fingerprint density at radius 3 is 2.60 bits per heavy atom. The monoisotopic (exact) mass is 203 g/mol. The van der Waals surface area contributed by atoms with Gasteiger partial charge in [-0.15, -0.1) is 0 Å². The van der Waals surface area contributed by atoms with Crippen LogP contribution in [0.5, 0.6) is 0 Å². The summed E-state index contributed by atoms with van der Waals surface area (Å²) in [5.74, 6) is -0.271. The van der Waals surface area contributed by atoms with E-state index in [1.807, 2.05) is 6.07 Å². The molecule has 0 bridgehead atoms. The molecule has 3 rings (SSSR count). The summed E-state index contributed by atoms with van der Waals surface area (Å²) in [4.78, 5) is 11.3. The second-order valence-corrected chi connectivity index (χ2v) is 4.22. The van der Waals surface area contributed by atoms with Gasteiger partial charge in [-0.25, -0.2) is 4.79 Å². The maximum absolute atomic E-state index is 11.3. The third kappa shape index (κ3) is 1.23. The molecule has 1 heterocycles. The van der Waals surface area contributed by atoms with E-state index in [2.05, 4.69) is 6.07 Å². The Labute approximate surface area is 87.3 Å². The van der Waals surface area contributed by atoms with Crippen LogP contribution in [0.15, 0.2) is 21.3 Å². The van der Waals surface area contributed by atoms with Crippen LogP contribution in [0.25, 0.3) is 11.1 Å². The van der Waals surface area contributed by atoms with Gasteiger partial charge < -0.3 is 4.42 Å². The highest BCUT2D eigenvalue weighted by Gasteiger charge is 2.13. The Morgan fingerprint density at radius 1 is 1.20 bits per heavy atom. The highest BCUT2D eigenvalue weighted by Crippen LogP contribution is 2.25. The van der Waals surface area contributed by atoms with E-state index in [0.29, 0.717) is 0 Å². The summed E-state index contributed by atoms with van der Waals surface area (Å²) in [6.07, 6.45) is 4.74. The van der Waals surface area contributed by atoms with Gasteiger partial charge in [0, 0.05) is 7.05 Å². The number of nitrogens with zero attached hydrogens (tertiary/aromatic N) is 1. The van der Waals surface area contributed by atoms with E-state index in [0.717, 1.165) is 23.9 Å². The summed E-state index contributed by atoms with van der Waals surface area (Å²) in [6.45, 7) is 0. The lowest BCUT2D eigenvalue weighted by atomic mass is 9.91. The van der Waals surface area contributed by atoms with Crippen LogP contribution in [0.4, 0.5) is 0 Å². The number of oxazole rings is 1. The average Bonchev–Trinajstić information content (AvgIpc) is 2.52. The Hall–Kier alpha value is -1.51. The molecule has 0 fully saturated rings. The van der Waals surface area contributed by atoms with E-state index < -0.39 is 0 Å². The molecule has 0 radical (unpaired) electrons. The van der Waals surface area contributed by atoms with Crippen LogP contribution in [0.2, 0.25) is 0 Å². The third-order valence-electron chi connectivity index (χ3n) is 3.26. The summed E-state index contributed by atoms with van der Waals surface area (Å²) in [5.41, 5.74) is 4.37. The Balaban J connectivity index is 2.35. The molecule has 0 unspecified atom stereocenters. The van der Waals surface area contributed by atoms with Crippen molar-refractivity contribution in [2.24, 2.45) is 7.05 Å². The molecule has 1 aliphatic rings. The predicted octanol–water partition coefficient (Wildman–Crippen LogP) is 2.01. The minimum Gasteiger partial charge on any atom is -0.408 e. The molecule has 1 aromatic carbocycles. The van der Waals surface area contributed by atoms with Gasteiger partial charge in [-0.05, 0) is 48.9 Å². The van der Waals surface area contributed by atoms with E-state index in [-0.39, 0.29) is 5.76 Å². The zero-order valence-electron chi connectivity index (χ0n) is 8.75. The maximum Gasteiger partial charge on any atom is 0.419 e. The number of aromatic nitrogens is 1. The Kier molecular flexibility index (Phi) is 1.75. The molecule has 2 aromatic rings. The van der Waals surface area contributed by atoms with Crippen molar-refractivity contribution in [3.63, 3.8) is 0 Å². The van der Waals surface area contributed by atoms with Crippen molar-refractivity contribution in [1.29, 1.82) is 0 Å². The fraction of sp³-hybridized carbons (Fsp3) is 0.417. The second kappa shape index (κ2) is 2.99. The molecule has 1 aromatic heterocycles. The molecule has 0 atom stereocenters. The average molecular weight is 203 g/mol. The van der Waals surface area contributed by atoms with Gasteiger partial charge in [0.25, 0.3) is 0 Å². The standard InChI is InChI=1S/C12H13NO2/c1-13-10-6-8-4-2-3-5-9(8)7-11(10)15-12(13)14/h6-7H,2-5H2,1H3. The van der Waals surface area contributed by atoms with Crippen LogP contribution in [-0.2, 0) is 19.9 Å². The summed E-state index contributed by atoms with van der Waals surface area (Å²) in [5, 5.41) is 0. The number of aryl methyl sites for hydroxylation is 3. The van der Waals surface area contributed by atoms with Crippen LogP contribution in [0.3, 0.4) is 0 Å². The molecule has 0 amide bonds. The quantitative estimate of drug-likeness (QED) is 0.656. The fourth-order valence-electron chi connectivity index (χ4n) is 2.35. The van der Waals surface area contributed by atoms with Gasteiger partial charge in [-0.2, -0.15) is 0 Å². The number of hydrogen-bond acceptors (Lipinski definition) is 2. The van der Waals surface area contributed by atoms with Gasteiger partial charge >= 0.3 is 5.76 Å². The van der Waals surface area contributed by atoms with Gasteiger partial charge in [0.05, 0.1) is 5.52 Å². The van der Waals surface area contributed by atoms with Crippen molar-refractivity contribution in [3.8, 4) is 0 Å². The molecule has 0 aliphatic heterocycles. The molecule has 0 N–H and O–H groups in total. The van der Waals surface area contributed by atoms with Gasteiger partial charge in [0.2, 0.25) is 0 Å². The lowest BCUT2D eigenvalue weighted by Crippen LogP contribution is -2.08. The van der Waals surface area contributed by atoms with Crippen LogP contribution in [0, 0.1) is 0 Å². The van der Waals surface area contributed by atoms with Gasteiger partial charge in [0.15, 0.2) is 5.58 Å². The molecule has 0 saturated heterocycles. The van der Waals surface area contributed by atoms with E-state index >= 15 is 0 Å². The molecular weight excluding hydrogens is 190 g/mol. The largest absolute Gasteiger partial charge is 0.419 e. The topological polar surface area (TPSA) is 35.1 Å². The van der Waals surface area contributed by atoms with Crippen LogP contribution < -0.4 is 5.76 Å². The third-order valence-corrected chi connectivity index (χ3v) is 3.26. The van der Waals surface area contributed by atoms with Gasteiger partial charge in [0.1, 0.15) is 0 Å². The molecule has 0 saturated carbocycles. The molecule has 1 aliphatic carbocycles. The first-order chi connectivity index (χ1) is 7.25. The smallest absolute Gasteiger partial charge is 0.408 e. The number of benzene rings is 1. The van der Waals surface area contributed by atoms with Crippen molar-refractivity contribution in [3.05, 3.63) is 33.8 Å². The van der Waals surface area contributed by atoms with E-state index in [1.54, 1.807) is 11.6 Å². The first-order valence-electron chi connectivity index (χ1n) is 5.37. The molecule has 78 valence electrons. The Bertz CT molecular complexity index is 577. The highest BCUT2D eigenvalue weighted by atomic mass is 16.4. The van der Waals surface area contributed by atoms with Crippen LogP contribution in [-0.4, -0.2) is 4.57 Å². The maximum atomic E-state index is 11.3. The summed E-state index contributed by atoms with van der Waals surface area (Å²) in [6, 6.07) is 4.14. The minimum atomic E-state index is -0.271. The van der Waals surface area contributed by atoms with E-state index in [9.17, 15) is 4.79 Å². The van der Waals surface area contributed by atoms with Gasteiger partial charge in [-0.3, -0.25) is 4.57 Å². The molecule has 3 heteroatoms. The van der Waals surface area contributed by atoms with Crippen molar-refractivity contribution in [2.45, 2.75) is 25.7 Å². The minimum absolute atomic E-state index is 0.271. The molecule has 15 heavy (non-hydrogen) atoms. The van der Waals surface area contributed by atoms with Crippen molar-refractivity contribution < 1.29 is 4.42 Å². The Morgan fingerprint density at radius 2 is 1.87 bits per heavy atom. The van der Waals surface area contributed by atoms with Crippen molar-refractivity contribution in [2.75, 3.05) is 0 Å². The normalized spacial score (nSPS) is 15.5. The zero-order valence-corrected chi connectivity index (χ0v) is 8.75. The number of fused-ring (bicyclic) bond motifs is 2. The lowest BCUT2D eigenvalue weighted by Gasteiger charge is -2.14. The second-order valence-electron chi connectivity index (χ2n) is 4.22. The van der Waals surface area contributed by atoms with Gasteiger partial charge in [-0.1, -0.05) is 0 Å². The summed E-state index contributed by atoms with van der Waals surface area (Å²) < 4.78 is 6.75. The highest BCUT2D eigenvalue weighted by molar-refractivity contribution is 5.75. The van der Waals surface area contributed by atoms with E-state index in [4.69, 9.17) is 4.42 Å². The first kappa shape index (κ1) is 8.77. The zero-order chi connectivity index (χ0) is 10.4. The van der Waals surface area contributed by atoms with Crippen LogP contribution >= 0.6 is 0 Å². The molecule has 3 nitrogen and oxygen atoms in total. The van der Waals surface area contributed by atoms with Crippen molar-refractivity contribution in [1.82, 2.24) is 4.57 Å². The summed E-state index contributed by atoms with van der Waals surface area (Å²) >= 11 is 0. The van der Waals surface area contributed by atoms with Crippen LogP contribution in [0.1, 0.15) is 24.0 Å². The lowest BCUT2D eigenvalue weighted by molar-refractivity contribution is 0.527. The number of hydrogen-bond donors (Lipinski definition) is 0. The first-order valence-corrected chi connectivity index (χ1v) is 5.37. The fourth-order valence-corrected chi connectivity index (χ4v) is 2.35. The van der Waals surface area contributed by atoms with E-state index in [1.165, 1.54) is 24.0 Å². The van der Waals surface area contributed by atoms with Crippen molar-refractivity contribution >= 4 is 11.1 Å². The number of rotatable bonds is 0. The molecular formula is C12H13NO2. The summed E-state index contributed by atoms with van der Waals surface area (Å²) in [7, 11) is 1.75. The molecule has 0 spiro atoms.